The largest absolute Gasteiger partial charge is 0.374 e. The Balaban J connectivity index is 1.87. The first kappa shape index (κ1) is 19.7. The van der Waals surface area contributed by atoms with Gasteiger partial charge in [0.25, 0.3) is 5.91 Å². The highest BCUT2D eigenvalue weighted by Gasteiger charge is 2.15. The lowest BCUT2D eigenvalue weighted by atomic mass is 9.87. The molecular weight excluding hydrogens is 502 g/mol. The molecule has 1 amide bonds. The van der Waals surface area contributed by atoms with E-state index in [2.05, 4.69) is 76.6 Å². The van der Waals surface area contributed by atoms with Gasteiger partial charge in [0.2, 0.25) is 0 Å². The fourth-order valence-corrected chi connectivity index (χ4v) is 5.04. The number of rotatable bonds is 5. The van der Waals surface area contributed by atoms with E-state index in [0.29, 0.717) is 5.92 Å². The second-order valence-corrected chi connectivity index (χ2v) is 8.53. The van der Waals surface area contributed by atoms with Crippen molar-refractivity contribution in [1.82, 2.24) is 5.43 Å². The summed E-state index contributed by atoms with van der Waals surface area (Å²) in [6.45, 7) is 4.29. The normalized spacial score (nSPS) is 18.1. The molecule has 1 atom stereocenters. The number of benzene rings is 1. The van der Waals surface area contributed by atoms with Crippen LogP contribution in [-0.4, -0.2) is 18.2 Å². The van der Waals surface area contributed by atoms with Crippen molar-refractivity contribution < 1.29 is 4.79 Å². The average Bonchev–Trinajstić information content (AvgIpc) is 2.52. The molecule has 0 aliphatic heterocycles. The first-order chi connectivity index (χ1) is 11.4. The van der Waals surface area contributed by atoms with Crippen LogP contribution in [-0.2, 0) is 4.79 Å². The molecule has 1 aromatic carbocycles. The molecule has 7 heteroatoms. The van der Waals surface area contributed by atoms with Gasteiger partial charge in [-0.1, -0.05) is 27.6 Å². The van der Waals surface area contributed by atoms with Crippen LogP contribution in [0.2, 0.25) is 0 Å². The molecular formula is C17H20Br3N3O. The molecule has 0 fully saturated rings. The lowest BCUT2D eigenvalue weighted by Gasteiger charge is -2.20. The van der Waals surface area contributed by atoms with Gasteiger partial charge in [-0.3, -0.25) is 4.79 Å². The summed E-state index contributed by atoms with van der Waals surface area (Å²) in [5.74, 6) is 0.260. The molecule has 1 aliphatic rings. The second kappa shape index (κ2) is 9.15. The van der Waals surface area contributed by atoms with Crippen LogP contribution in [0.25, 0.3) is 0 Å². The summed E-state index contributed by atoms with van der Waals surface area (Å²) >= 11 is 10.4. The minimum atomic E-state index is -0.168. The Morgan fingerprint density at radius 2 is 1.96 bits per heavy atom. The number of nitrogens with zero attached hydrogens (tertiary/aromatic N) is 1. The van der Waals surface area contributed by atoms with Crippen molar-refractivity contribution in [2.24, 2.45) is 11.0 Å². The highest BCUT2D eigenvalue weighted by molar-refractivity contribution is 9.11. The molecule has 130 valence electrons. The van der Waals surface area contributed by atoms with E-state index < -0.39 is 0 Å². The van der Waals surface area contributed by atoms with Gasteiger partial charge in [0, 0.05) is 25.0 Å². The van der Waals surface area contributed by atoms with Gasteiger partial charge >= 0.3 is 0 Å². The first-order valence-electron chi connectivity index (χ1n) is 7.74. The van der Waals surface area contributed by atoms with Crippen LogP contribution >= 0.6 is 47.8 Å². The van der Waals surface area contributed by atoms with Gasteiger partial charge in [-0.2, -0.15) is 5.10 Å². The lowest BCUT2D eigenvalue weighted by molar-refractivity contribution is -0.119. The minimum Gasteiger partial charge on any atom is -0.374 e. The number of hydrogen-bond donors (Lipinski definition) is 2. The summed E-state index contributed by atoms with van der Waals surface area (Å²) in [6, 6.07) is 3.85. The van der Waals surface area contributed by atoms with Gasteiger partial charge in [0.05, 0.1) is 12.2 Å². The van der Waals surface area contributed by atoms with Gasteiger partial charge in [0.15, 0.2) is 0 Å². The summed E-state index contributed by atoms with van der Waals surface area (Å²) in [5, 5.41) is 7.37. The Bertz CT molecular complexity index is 663. The molecule has 0 heterocycles. The number of hydrogen-bond acceptors (Lipinski definition) is 3. The number of hydrazone groups is 1. The zero-order valence-corrected chi connectivity index (χ0v) is 18.4. The zero-order valence-electron chi connectivity index (χ0n) is 13.6. The molecule has 1 aliphatic carbocycles. The van der Waals surface area contributed by atoms with E-state index in [1.807, 2.05) is 19.1 Å². The van der Waals surface area contributed by atoms with E-state index in [1.54, 1.807) is 0 Å². The molecule has 0 saturated carbocycles. The average molecular weight is 522 g/mol. The predicted molar refractivity (Wildman–Crippen MR) is 110 cm³/mol. The Morgan fingerprint density at radius 3 is 2.54 bits per heavy atom. The van der Waals surface area contributed by atoms with E-state index in [9.17, 15) is 4.79 Å². The van der Waals surface area contributed by atoms with Crippen molar-refractivity contribution in [3.8, 4) is 0 Å². The Hall–Kier alpha value is -0.660. The Kier molecular flexibility index (Phi) is 7.50. The predicted octanol–water partition coefficient (Wildman–Crippen LogP) is 5.62. The smallest absolute Gasteiger partial charge is 0.259 e. The van der Waals surface area contributed by atoms with E-state index in [-0.39, 0.29) is 12.5 Å². The van der Waals surface area contributed by atoms with Crippen molar-refractivity contribution in [2.75, 3.05) is 11.9 Å². The molecule has 0 bridgehead atoms. The van der Waals surface area contributed by atoms with Crippen LogP contribution in [0.4, 0.5) is 5.69 Å². The summed E-state index contributed by atoms with van der Waals surface area (Å²) in [4.78, 5) is 12.0. The Labute approximate surface area is 167 Å². The SMILES string of the molecule is CC1=CCC(C(C)=NNC(=O)CNc2c(Br)cc(Br)cc2Br)CC1. The minimum absolute atomic E-state index is 0.152. The van der Waals surface area contributed by atoms with Gasteiger partial charge in [-0.15, -0.1) is 0 Å². The van der Waals surface area contributed by atoms with Crippen molar-refractivity contribution in [2.45, 2.75) is 33.1 Å². The maximum atomic E-state index is 12.0. The highest BCUT2D eigenvalue weighted by atomic mass is 79.9. The standard InChI is InChI=1S/C17H20Br3N3O/c1-10-3-5-12(6-4-10)11(2)22-23-16(24)9-21-17-14(19)7-13(18)8-15(17)20/h3,7-8,12,21H,4-6,9H2,1-2H3,(H,23,24). The summed E-state index contributed by atoms with van der Waals surface area (Å²) in [7, 11) is 0. The van der Waals surface area contributed by atoms with Crippen molar-refractivity contribution in [3.63, 3.8) is 0 Å². The summed E-state index contributed by atoms with van der Waals surface area (Å²) < 4.78 is 2.70. The van der Waals surface area contributed by atoms with E-state index in [1.165, 1.54) is 5.57 Å². The third kappa shape index (κ3) is 5.70. The topological polar surface area (TPSA) is 53.5 Å². The fraction of sp³-hybridized carbons (Fsp3) is 0.412. The van der Waals surface area contributed by atoms with Gasteiger partial charge < -0.3 is 5.32 Å². The van der Waals surface area contributed by atoms with Crippen LogP contribution in [0.15, 0.2) is 42.3 Å². The summed E-state index contributed by atoms with van der Waals surface area (Å²) in [5.41, 5.74) is 5.90. The number of carbonyl (C=O) groups excluding carboxylic acids is 1. The van der Waals surface area contributed by atoms with Crippen LogP contribution in [0.1, 0.15) is 33.1 Å². The molecule has 24 heavy (non-hydrogen) atoms. The van der Waals surface area contributed by atoms with Gasteiger partial charge in [-0.05, 0) is 77.1 Å². The maximum absolute atomic E-state index is 12.0. The number of nitrogens with one attached hydrogen (secondary N) is 2. The number of amides is 1. The molecule has 0 aromatic heterocycles. The summed E-state index contributed by atoms with van der Waals surface area (Å²) in [6.07, 6.45) is 5.48. The lowest BCUT2D eigenvalue weighted by Crippen LogP contribution is -2.28. The molecule has 0 saturated heterocycles. The highest BCUT2D eigenvalue weighted by Crippen LogP contribution is 2.34. The van der Waals surface area contributed by atoms with Crippen molar-refractivity contribution in [3.05, 3.63) is 37.2 Å². The molecule has 1 aromatic rings. The quantitative estimate of drug-likeness (QED) is 0.300. The van der Waals surface area contributed by atoms with Gasteiger partial charge in [0.1, 0.15) is 0 Å². The maximum Gasteiger partial charge on any atom is 0.259 e. The van der Waals surface area contributed by atoms with Gasteiger partial charge in [-0.25, -0.2) is 5.43 Å². The number of anilines is 1. The van der Waals surface area contributed by atoms with Crippen LogP contribution < -0.4 is 10.7 Å². The van der Waals surface area contributed by atoms with E-state index >= 15 is 0 Å². The fourth-order valence-electron chi connectivity index (χ4n) is 2.51. The molecule has 2 rings (SSSR count). The zero-order chi connectivity index (χ0) is 17.7. The number of carbonyl (C=O) groups is 1. The molecule has 0 radical (unpaired) electrons. The molecule has 0 spiro atoms. The van der Waals surface area contributed by atoms with Crippen molar-refractivity contribution >= 4 is 65.1 Å². The second-order valence-electron chi connectivity index (χ2n) is 5.91. The monoisotopic (exact) mass is 519 g/mol. The molecule has 4 nitrogen and oxygen atoms in total. The van der Waals surface area contributed by atoms with Crippen LogP contribution in [0, 0.1) is 5.92 Å². The number of allylic oxidation sites excluding steroid dienone is 2. The third-order valence-corrected chi connectivity index (χ3v) is 5.73. The molecule has 1 unspecified atom stereocenters. The Morgan fingerprint density at radius 1 is 1.29 bits per heavy atom. The van der Waals surface area contributed by atoms with E-state index in [0.717, 1.165) is 44.1 Å². The molecule has 2 N–H and O–H groups in total. The van der Waals surface area contributed by atoms with Crippen LogP contribution in [0.5, 0.6) is 0 Å². The first-order valence-corrected chi connectivity index (χ1v) is 10.1. The van der Waals surface area contributed by atoms with Crippen LogP contribution in [0.3, 0.4) is 0 Å². The number of halogens is 3. The van der Waals surface area contributed by atoms with E-state index in [4.69, 9.17) is 0 Å². The van der Waals surface area contributed by atoms with Crippen molar-refractivity contribution in [1.29, 1.82) is 0 Å². The third-order valence-electron chi connectivity index (χ3n) is 4.02.